The summed E-state index contributed by atoms with van der Waals surface area (Å²) in [7, 11) is 0. The van der Waals surface area contributed by atoms with E-state index < -0.39 is 0 Å². The van der Waals surface area contributed by atoms with Gasteiger partial charge in [-0.25, -0.2) is 4.98 Å². The van der Waals surface area contributed by atoms with E-state index in [2.05, 4.69) is 19.6 Å². The van der Waals surface area contributed by atoms with Crippen molar-refractivity contribution < 1.29 is 9.59 Å². The second-order valence-electron chi connectivity index (χ2n) is 6.76. The van der Waals surface area contributed by atoms with Crippen LogP contribution in [0.2, 0.25) is 0 Å². The molecule has 8 nitrogen and oxygen atoms in total. The van der Waals surface area contributed by atoms with Gasteiger partial charge in [-0.3, -0.25) is 14.6 Å². The smallest absolute Gasteiger partial charge is 0.274 e. The van der Waals surface area contributed by atoms with Crippen LogP contribution in [0.3, 0.4) is 0 Å². The second-order valence-corrected chi connectivity index (χ2v) is 7.51. The van der Waals surface area contributed by atoms with Crippen LogP contribution in [-0.2, 0) is 6.42 Å². The summed E-state index contributed by atoms with van der Waals surface area (Å²) in [5.74, 6) is 0.169. The van der Waals surface area contributed by atoms with Gasteiger partial charge in [-0.15, -0.1) is 5.10 Å². The van der Waals surface area contributed by atoms with Gasteiger partial charge in [-0.2, -0.15) is 0 Å². The lowest BCUT2D eigenvalue weighted by atomic mass is 9.95. The lowest BCUT2D eigenvalue weighted by Gasteiger charge is -2.35. The average molecular weight is 372 g/mol. The number of aromatic nitrogens is 4. The number of nitrogens with zero attached hydrogens (tertiary/aromatic N) is 6. The molecule has 2 bridgehead atoms. The molecule has 2 aromatic heterocycles. The summed E-state index contributed by atoms with van der Waals surface area (Å²) in [6.45, 7) is 3.83. The van der Waals surface area contributed by atoms with Crippen molar-refractivity contribution in [2.24, 2.45) is 5.92 Å². The van der Waals surface area contributed by atoms with Crippen LogP contribution in [0.5, 0.6) is 0 Å². The first-order chi connectivity index (χ1) is 12.7. The molecule has 2 amide bonds. The fourth-order valence-electron chi connectivity index (χ4n) is 3.80. The van der Waals surface area contributed by atoms with Crippen LogP contribution in [0.15, 0.2) is 18.6 Å². The van der Waals surface area contributed by atoms with Crippen molar-refractivity contribution in [3.63, 3.8) is 0 Å². The summed E-state index contributed by atoms with van der Waals surface area (Å²) < 4.78 is 3.94. The van der Waals surface area contributed by atoms with Crippen molar-refractivity contribution in [3.8, 4) is 0 Å². The SMILES string of the molecule is CCc1nnsc1C(=O)N1C[C@H]2CC[C@@H]1CN(C(=O)c1cnccn1)C2. The van der Waals surface area contributed by atoms with E-state index in [1.807, 2.05) is 16.7 Å². The third kappa shape index (κ3) is 3.07. The summed E-state index contributed by atoms with van der Waals surface area (Å²) in [5.41, 5.74) is 1.11. The van der Waals surface area contributed by atoms with E-state index >= 15 is 0 Å². The minimum absolute atomic E-state index is 0.000326. The van der Waals surface area contributed by atoms with Gasteiger partial charge in [0.15, 0.2) is 0 Å². The van der Waals surface area contributed by atoms with E-state index in [-0.39, 0.29) is 23.8 Å². The molecule has 0 radical (unpaired) electrons. The van der Waals surface area contributed by atoms with Gasteiger partial charge in [0.05, 0.1) is 11.9 Å². The molecule has 0 aliphatic carbocycles. The monoisotopic (exact) mass is 372 g/mol. The van der Waals surface area contributed by atoms with Crippen LogP contribution in [0.25, 0.3) is 0 Å². The molecule has 0 aromatic carbocycles. The number of rotatable bonds is 3. The zero-order valence-electron chi connectivity index (χ0n) is 14.5. The number of piperidine rings is 1. The molecule has 0 spiro atoms. The molecular weight excluding hydrogens is 352 g/mol. The van der Waals surface area contributed by atoms with Gasteiger partial charge in [0.25, 0.3) is 11.8 Å². The van der Waals surface area contributed by atoms with E-state index in [1.165, 1.54) is 12.4 Å². The summed E-state index contributed by atoms with van der Waals surface area (Å²) in [5, 5.41) is 4.06. The van der Waals surface area contributed by atoms with Crippen molar-refractivity contribution in [1.82, 2.24) is 29.4 Å². The largest absolute Gasteiger partial charge is 0.335 e. The minimum Gasteiger partial charge on any atom is -0.335 e. The topological polar surface area (TPSA) is 92.2 Å². The van der Waals surface area contributed by atoms with E-state index in [0.29, 0.717) is 36.6 Å². The first-order valence-electron chi connectivity index (χ1n) is 8.84. The highest BCUT2D eigenvalue weighted by Gasteiger charge is 2.40. The fraction of sp³-hybridized carbons (Fsp3) is 0.529. The Morgan fingerprint density at radius 3 is 2.85 bits per heavy atom. The van der Waals surface area contributed by atoms with Gasteiger partial charge >= 0.3 is 0 Å². The number of fused-ring (bicyclic) bond motifs is 4. The van der Waals surface area contributed by atoms with Crippen molar-refractivity contribution in [2.75, 3.05) is 19.6 Å². The molecular formula is C17H20N6O2S. The Hall–Kier alpha value is -2.42. The molecule has 0 unspecified atom stereocenters. The maximum absolute atomic E-state index is 13.1. The van der Waals surface area contributed by atoms with Crippen molar-refractivity contribution in [1.29, 1.82) is 0 Å². The maximum Gasteiger partial charge on any atom is 0.274 e. The molecule has 3 saturated heterocycles. The Balaban J connectivity index is 1.55. The van der Waals surface area contributed by atoms with Crippen LogP contribution in [0, 0.1) is 5.92 Å². The van der Waals surface area contributed by atoms with Gasteiger partial charge in [0.1, 0.15) is 10.6 Å². The van der Waals surface area contributed by atoms with E-state index in [1.54, 1.807) is 6.20 Å². The van der Waals surface area contributed by atoms with Crippen LogP contribution in [0.4, 0.5) is 0 Å². The number of carbonyl (C=O) groups excluding carboxylic acids is 2. The zero-order valence-corrected chi connectivity index (χ0v) is 15.4. The highest BCUT2D eigenvalue weighted by atomic mass is 32.1. The molecule has 2 atom stereocenters. The predicted octanol–water partition coefficient (Wildman–Crippen LogP) is 1.27. The first kappa shape index (κ1) is 17.0. The first-order valence-corrected chi connectivity index (χ1v) is 9.62. The maximum atomic E-state index is 13.1. The molecule has 136 valence electrons. The number of amides is 2. The van der Waals surface area contributed by atoms with Gasteiger partial charge in [-0.05, 0) is 36.7 Å². The Kier molecular flexibility index (Phi) is 4.62. The predicted molar refractivity (Wildman–Crippen MR) is 94.8 cm³/mol. The number of hydrogen-bond donors (Lipinski definition) is 0. The molecule has 9 heteroatoms. The van der Waals surface area contributed by atoms with Gasteiger partial charge in [0.2, 0.25) is 0 Å². The summed E-state index contributed by atoms with van der Waals surface area (Å²) in [6, 6.07) is 0.0219. The number of hydrogen-bond acceptors (Lipinski definition) is 7. The van der Waals surface area contributed by atoms with Crippen LogP contribution >= 0.6 is 11.5 Å². The van der Waals surface area contributed by atoms with E-state index in [0.717, 1.165) is 30.1 Å². The van der Waals surface area contributed by atoms with E-state index in [9.17, 15) is 9.59 Å². The molecule has 3 fully saturated rings. The quantitative estimate of drug-likeness (QED) is 0.806. The van der Waals surface area contributed by atoms with Crippen LogP contribution in [0.1, 0.15) is 45.6 Å². The second kappa shape index (κ2) is 7.06. The molecule has 3 aliphatic heterocycles. The van der Waals surface area contributed by atoms with Crippen molar-refractivity contribution >= 4 is 23.3 Å². The Bertz CT molecular complexity index is 811. The molecule has 0 saturated carbocycles. The van der Waals surface area contributed by atoms with Crippen LogP contribution < -0.4 is 0 Å². The Morgan fingerprint density at radius 2 is 2.08 bits per heavy atom. The molecule has 3 aliphatic rings. The Morgan fingerprint density at radius 1 is 1.19 bits per heavy atom. The molecule has 26 heavy (non-hydrogen) atoms. The van der Waals surface area contributed by atoms with Crippen molar-refractivity contribution in [2.45, 2.75) is 32.2 Å². The average Bonchev–Trinajstić information content (AvgIpc) is 2.98. The highest BCUT2D eigenvalue weighted by molar-refractivity contribution is 7.08. The number of carbonyl (C=O) groups is 2. The minimum atomic E-state index is -0.113. The fourth-order valence-corrected chi connectivity index (χ4v) is 4.51. The highest BCUT2D eigenvalue weighted by Crippen LogP contribution is 2.30. The summed E-state index contributed by atoms with van der Waals surface area (Å²) in [4.78, 5) is 38.3. The van der Waals surface area contributed by atoms with E-state index in [4.69, 9.17) is 0 Å². The number of aryl methyl sites for hydroxylation is 1. The van der Waals surface area contributed by atoms with Gasteiger partial charge < -0.3 is 9.80 Å². The lowest BCUT2D eigenvalue weighted by molar-refractivity contribution is 0.0577. The summed E-state index contributed by atoms with van der Waals surface area (Å²) >= 11 is 1.16. The van der Waals surface area contributed by atoms with Gasteiger partial charge in [-0.1, -0.05) is 11.4 Å². The normalized spacial score (nSPS) is 22.3. The zero-order chi connectivity index (χ0) is 18.1. The molecule has 2 aromatic rings. The third-order valence-electron chi connectivity index (χ3n) is 5.13. The standard InChI is InChI=1S/C17H20N6O2S/c1-2-13-15(26-21-20-13)17(25)23-9-11-3-4-12(23)10-22(8-11)16(24)14-7-18-5-6-19-14/h5-7,11-12H,2-4,8-10H2,1H3/t11-,12+/m0/s1. The Labute approximate surface area is 155 Å². The van der Waals surface area contributed by atoms with Gasteiger partial charge in [0, 0.05) is 38.1 Å². The third-order valence-corrected chi connectivity index (χ3v) is 5.88. The van der Waals surface area contributed by atoms with Crippen molar-refractivity contribution in [3.05, 3.63) is 34.9 Å². The molecule has 0 N–H and O–H groups in total. The lowest BCUT2D eigenvalue weighted by Crippen LogP contribution is -2.47. The molecule has 5 rings (SSSR count). The molecule has 5 heterocycles. The summed E-state index contributed by atoms with van der Waals surface area (Å²) in [6.07, 6.45) is 7.20. The van der Waals surface area contributed by atoms with Crippen LogP contribution in [-0.4, -0.2) is 66.8 Å².